The maximum absolute atomic E-state index is 12.0. The number of benzene rings is 2. The third kappa shape index (κ3) is 5.22. The van der Waals surface area contributed by atoms with Crippen molar-refractivity contribution in [3.05, 3.63) is 57.6 Å². The van der Waals surface area contributed by atoms with Crippen molar-refractivity contribution in [3.63, 3.8) is 0 Å². The number of rotatable bonds is 6. The van der Waals surface area contributed by atoms with E-state index in [0.29, 0.717) is 23.1 Å². The fraction of sp³-hybridized carbons (Fsp3) is 0.176. The number of hydrogen-bond donors (Lipinski definition) is 2. The zero-order valence-electron chi connectivity index (χ0n) is 13.3. The van der Waals surface area contributed by atoms with E-state index < -0.39 is 5.91 Å². The minimum absolute atomic E-state index is 0.127. The van der Waals surface area contributed by atoms with E-state index in [0.717, 1.165) is 5.56 Å². The van der Waals surface area contributed by atoms with Crippen LogP contribution < -0.4 is 20.5 Å². The van der Waals surface area contributed by atoms with Crippen LogP contribution in [0.15, 0.2) is 36.4 Å². The van der Waals surface area contributed by atoms with Crippen LogP contribution >= 0.6 is 35.4 Å². The van der Waals surface area contributed by atoms with Gasteiger partial charge in [0.2, 0.25) is 0 Å². The standard InChI is InChI=1S/C17H16Cl2N2O3S/c1-2-23-14-8-11(16(22)21-17(20)25)7-13(19)15(14)24-9-10-5-3-4-6-12(10)18/h3-8H,2,9H2,1H3,(H3,20,21,22,25). The van der Waals surface area contributed by atoms with Crippen molar-refractivity contribution >= 4 is 46.4 Å². The summed E-state index contributed by atoms with van der Waals surface area (Å²) < 4.78 is 11.3. The molecule has 0 aliphatic heterocycles. The van der Waals surface area contributed by atoms with Gasteiger partial charge in [0.05, 0.1) is 11.6 Å². The number of nitrogens with two attached hydrogens (primary N) is 1. The molecule has 0 heterocycles. The van der Waals surface area contributed by atoms with Gasteiger partial charge in [-0.3, -0.25) is 10.1 Å². The molecule has 0 unspecified atom stereocenters. The predicted molar refractivity (Wildman–Crippen MR) is 103 cm³/mol. The third-order valence-electron chi connectivity index (χ3n) is 3.14. The summed E-state index contributed by atoms with van der Waals surface area (Å²) in [7, 11) is 0. The van der Waals surface area contributed by atoms with Crippen LogP contribution in [0.3, 0.4) is 0 Å². The quantitative estimate of drug-likeness (QED) is 0.720. The molecule has 0 aliphatic rings. The van der Waals surface area contributed by atoms with Crippen molar-refractivity contribution in [2.75, 3.05) is 6.61 Å². The van der Waals surface area contributed by atoms with Crippen molar-refractivity contribution in [3.8, 4) is 11.5 Å². The van der Waals surface area contributed by atoms with Crippen molar-refractivity contribution in [2.45, 2.75) is 13.5 Å². The Morgan fingerprint density at radius 1 is 1.20 bits per heavy atom. The van der Waals surface area contributed by atoms with E-state index in [9.17, 15) is 4.79 Å². The molecule has 0 saturated carbocycles. The summed E-state index contributed by atoms with van der Waals surface area (Å²) >= 11 is 17.1. The second-order valence-corrected chi connectivity index (χ2v) is 6.17. The summed E-state index contributed by atoms with van der Waals surface area (Å²) in [6.45, 7) is 2.39. The lowest BCUT2D eigenvalue weighted by atomic mass is 10.2. The van der Waals surface area contributed by atoms with E-state index in [4.69, 9.17) is 38.4 Å². The Kier molecular flexibility index (Phi) is 6.87. The van der Waals surface area contributed by atoms with E-state index in [2.05, 4.69) is 17.5 Å². The molecule has 1 amide bonds. The zero-order chi connectivity index (χ0) is 18.4. The molecule has 5 nitrogen and oxygen atoms in total. The predicted octanol–water partition coefficient (Wildman–Crippen LogP) is 3.94. The maximum Gasteiger partial charge on any atom is 0.257 e. The molecule has 2 aromatic carbocycles. The van der Waals surface area contributed by atoms with E-state index in [-0.39, 0.29) is 22.3 Å². The van der Waals surface area contributed by atoms with Gasteiger partial charge in [0, 0.05) is 16.1 Å². The van der Waals surface area contributed by atoms with Gasteiger partial charge >= 0.3 is 0 Å². The average molecular weight is 399 g/mol. The summed E-state index contributed by atoms with van der Waals surface area (Å²) in [5.41, 5.74) is 6.38. The Labute approximate surface area is 161 Å². The number of halogens is 2. The molecule has 0 spiro atoms. The number of amides is 1. The molecule has 8 heteroatoms. The molecule has 25 heavy (non-hydrogen) atoms. The van der Waals surface area contributed by atoms with Crippen molar-refractivity contribution in [1.82, 2.24) is 5.32 Å². The number of thiocarbonyl (C=S) groups is 1. The van der Waals surface area contributed by atoms with Gasteiger partial charge in [-0.05, 0) is 37.3 Å². The zero-order valence-corrected chi connectivity index (χ0v) is 15.7. The SMILES string of the molecule is CCOc1cc(C(=O)NC(N)=S)cc(Cl)c1OCc1ccccc1Cl. The summed E-state index contributed by atoms with van der Waals surface area (Å²) in [6, 6.07) is 10.3. The van der Waals surface area contributed by atoms with E-state index in [1.54, 1.807) is 6.07 Å². The number of carbonyl (C=O) groups excluding carboxylic acids is 1. The first-order valence-corrected chi connectivity index (χ1v) is 8.52. The van der Waals surface area contributed by atoms with Crippen LogP contribution in [0.1, 0.15) is 22.8 Å². The van der Waals surface area contributed by atoms with Gasteiger partial charge < -0.3 is 15.2 Å². The topological polar surface area (TPSA) is 73.6 Å². The van der Waals surface area contributed by atoms with Crippen LogP contribution in [-0.4, -0.2) is 17.6 Å². The van der Waals surface area contributed by atoms with Crippen molar-refractivity contribution in [2.24, 2.45) is 5.73 Å². The molecular formula is C17H16Cl2N2O3S. The Bertz CT molecular complexity index is 799. The van der Waals surface area contributed by atoms with E-state index in [1.165, 1.54) is 12.1 Å². The summed E-state index contributed by atoms with van der Waals surface area (Å²) in [4.78, 5) is 12.0. The maximum atomic E-state index is 12.0. The van der Waals surface area contributed by atoms with Crippen LogP contribution in [0.4, 0.5) is 0 Å². The molecule has 2 rings (SSSR count). The van der Waals surface area contributed by atoms with Gasteiger partial charge in [-0.1, -0.05) is 41.4 Å². The van der Waals surface area contributed by atoms with Crippen LogP contribution in [-0.2, 0) is 6.61 Å². The average Bonchev–Trinajstić information content (AvgIpc) is 2.55. The number of nitrogens with one attached hydrogen (secondary N) is 1. The molecule has 132 valence electrons. The molecule has 0 saturated heterocycles. The highest BCUT2D eigenvalue weighted by atomic mass is 35.5. The monoisotopic (exact) mass is 398 g/mol. The fourth-order valence-electron chi connectivity index (χ4n) is 2.05. The van der Waals surface area contributed by atoms with Crippen LogP contribution in [0.25, 0.3) is 0 Å². The highest BCUT2D eigenvalue weighted by Gasteiger charge is 2.17. The Morgan fingerprint density at radius 3 is 2.56 bits per heavy atom. The van der Waals surface area contributed by atoms with Gasteiger partial charge in [-0.15, -0.1) is 0 Å². The third-order valence-corrected chi connectivity index (χ3v) is 3.89. The lowest BCUT2D eigenvalue weighted by Crippen LogP contribution is -2.34. The summed E-state index contributed by atoms with van der Waals surface area (Å²) in [6.07, 6.45) is 0. The van der Waals surface area contributed by atoms with Gasteiger partial charge in [-0.2, -0.15) is 0 Å². The van der Waals surface area contributed by atoms with Crippen LogP contribution in [0.5, 0.6) is 11.5 Å². The van der Waals surface area contributed by atoms with Crippen LogP contribution in [0, 0.1) is 0 Å². The second-order valence-electron chi connectivity index (χ2n) is 4.92. The first-order valence-electron chi connectivity index (χ1n) is 7.35. The molecule has 0 bridgehead atoms. The Morgan fingerprint density at radius 2 is 1.92 bits per heavy atom. The molecule has 0 aromatic heterocycles. The number of hydrogen-bond acceptors (Lipinski definition) is 4. The molecule has 3 N–H and O–H groups in total. The number of carbonyl (C=O) groups is 1. The largest absolute Gasteiger partial charge is 0.490 e. The van der Waals surface area contributed by atoms with Gasteiger partial charge in [0.15, 0.2) is 16.6 Å². The second kappa shape index (κ2) is 8.89. The van der Waals surface area contributed by atoms with Gasteiger partial charge in [0.25, 0.3) is 5.91 Å². The molecule has 0 atom stereocenters. The normalized spacial score (nSPS) is 10.2. The smallest absolute Gasteiger partial charge is 0.257 e. The molecular weight excluding hydrogens is 383 g/mol. The first kappa shape index (κ1) is 19.3. The van der Waals surface area contributed by atoms with E-state index >= 15 is 0 Å². The minimum atomic E-state index is -0.479. The molecule has 0 fully saturated rings. The van der Waals surface area contributed by atoms with Gasteiger partial charge in [0.1, 0.15) is 6.61 Å². The first-order chi connectivity index (χ1) is 11.9. The lowest BCUT2D eigenvalue weighted by Gasteiger charge is -2.15. The summed E-state index contributed by atoms with van der Waals surface area (Å²) in [5.74, 6) is 0.193. The van der Waals surface area contributed by atoms with Crippen molar-refractivity contribution in [1.29, 1.82) is 0 Å². The highest BCUT2D eigenvalue weighted by molar-refractivity contribution is 7.80. The fourth-order valence-corrected chi connectivity index (χ4v) is 2.60. The minimum Gasteiger partial charge on any atom is -0.490 e. The molecule has 0 aliphatic carbocycles. The molecule has 0 radical (unpaired) electrons. The Hall–Kier alpha value is -2.02. The van der Waals surface area contributed by atoms with Crippen LogP contribution in [0.2, 0.25) is 10.0 Å². The van der Waals surface area contributed by atoms with Crippen molar-refractivity contribution < 1.29 is 14.3 Å². The van der Waals surface area contributed by atoms with E-state index in [1.807, 2.05) is 25.1 Å². The lowest BCUT2D eigenvalue weighted by molar-refractivity contribution is 0.0977. The number of ether oxygens (including phenoxy) is 2. The van der Waals surface area contributed by atoms with Gasteiger partial charge in [-0.25, -0.2) is 0 Å². The summed E-state index contributed by atoms with van der Waals surface area (Å²) in [5, 5.41) is 3.03. The molecule has 2 aromatic rings. The Balaban J connectivity index is 2.29. The highest BCUT2D eigenvalue weighted by Crippen LogP contribution is 2.37.